The van der Waals surface area contributed by atoms with Crippen LogP contribution in [0.25, 0.3) is 5.69 Å². The first-order valence-electron chi connectivity index (χ1n) is 8.50. The van der Waals surface area contributed by atoms with E-state index < -0.39 is 0 Å². The predicted octanol–water partition coefficient (Wildman–Crippen LogP) is 1.70. The maximum Gasteiger partial charge on any atom is 0.251 e. The predicted molar refractivity (Wildman–Crippen MR) is 101 cm³/mol. The third-order valence-corrected chi connectivity index (χ3v) is 4.28. The van der Waals surface area contributed by atoms with E-state index in [0.717, 1.165) is 17.0 Å². The van der Waals surface area contributed by atoms with Gasteiger partial charge in [0, 0.05) is 12.1 Å². The fourth-order valence-corrected chi connectivity index (χ4v) is 2.81. The van der Waals surface area contributed by atoms with E-state index in [1.54, 1.807) is 25.3 Å². The Morgan fingerprint density at radius 3 is 2.74 bits per heavy atom. The van der Waals surface area contributed by atoms with E-state index in [9.17, 15) is 4.79 Å². The number of methoxy groups -OCH3 is 1. The fraction of sp³-hybridized carbons (Fsp3) is 0.263. The lowest BCUT2D eigenvalue weighted by molar-refractivity contribution is 0.0942. The molecule has 0 aliphatic heterocycles. The molecule has 0 saturated carbocycles. The average molecular weight is 366 g/mol. The number of amides is 1. The quantitative estimate of drug-likeness (QED) is 0.685. The van der Waals surface area contributed by atoms with E-state index in [1.807, 2.05) is 44.4 Å². The summed E-state index contributed by atoms with van der Waals surface area (Å²) in [4.78, 5) is 14.7. The minimum absolute atomic E-state index is 0.0201. The number of hydrogen-bond donors (Lipinski definition) is 1. The number of rotatable bonds is 7. The Morgan fingerprint density at radius 2 is 2.04 bits per heavy atom. The molecule has 0 aliphatic carbocycles. The van der Waals surface area contributed by atoms with E-state index in [1.165, 1.54) is 11.0 Å². The molecule has 3 aromatic rings. The lowest BCUT2D eigenvalue weighted by atomic mass is 10.1. The summed E-state index contributed by atoms with van der Waals surface area (Å²) in [7, 11) is 5.60. The van der Waals surface area contributed by atoms with Crippen LogP contribution in [0.1, 0.15) is 22.0 Å². The van der Waals surface area contributed by atoms with Crippen LogP contribution in [0.2, 0.25) is 0 Å². The topological polar surface area (TPSA) is 85.2 Å². The highest BCUT2D eigenvalue weighted by Gasteiger charge is 2.17. The minimum atomic E-state index is -0.153. The van der Waals surface area contributed by atoms with Crippen molar-refractivity contribution in [3.63, 3.8) is 0 Å². The summed E-state index contributed by atoms with van der Waals surface area (Å²) in [6.45, 7) is 0.466. The van der Waals surface area contributed by atoms with E-state index in [-0.39, 0.29) is 11.9 Å². The summed E-state index contributed by atoms with van der Waals surface area (Å²) in [6, 6.07) is 15.0. The molecule has 0 bridgehead atoms. The van der Waals surface area contributed by atoms with Gasteiger partial charge in [-0.25, -0.2) is 4.68 Å². The zero-order valence-corrected chi connectivity index (χ0v) is 15.5. The highest BCUT2D eigenvalue weighted by molar-refractivity contribution is 5.94. The highest BCUT2D eigenvalue weighted by Crippen LogP contribution is 2.22. The van der Waals surface area contributed by atoms with Gasteiger partial charge in [0.1, 0.15) is 12.1 Å². The second-order valence-electron chi connectivity index (χ2n) is 6.27. The van der Waals surface area contributed by atoms with Crippen LogP contribution < -0.4 is 10.1 Å². The van der Waals surface area contributed by atoms with Crippen LogP contribution in [0.15, 0.2) is 54.9 Å². The van der Waals surface area contributed by atoms with Gasteiger partial charge in [0.25, 0.3) is 5.91 Å². The molecular weight excluding hydrogens is 344 g/mol. The van der Waals surface area contributed by atoms with Crippen molar-refractivity contribution in [1.29, 1.82) is 0 Å². The first-order valence-corrected chi connectivity index (χ1v) is 8.50. The van der Waals surface area contributed by atoms with Gasteiger partial charge in [-0.15, -0.1) is 5.10 Å². The zero-order chi connectivity index (χ0) is 19.2. The summed E-state index contributed by atoms with van der Waals surface area (Å²) < 4.78 is 6.81. The van der Waals surface area contributed by atoms with Gasteiger partial charge < -0.3 is 15.0 Å². The van der Waals surface area contributed by atoms with Crippen molar-refractivity contribution in [2.75, 3.05) is 27.7 Å². The smallest absolute Gasteiger partial charge is 0.251 e. The molecule has 1 aromatic heterocycles. The number of tetrazole rings is 1. The molecule has 1 atom stereocenters. The third-order valence-electron chi connectivity index (χ3n) is 4.28. The number of ether oxygens (including phenoxy) is 1. The van der Waals surface area contributed by atoms with Crippen LogP contribution in [0.4, 0.5) is 0 Å². The van der Waals surface area contributed by atoms with Crippen LogP contribution in [0.3, 0.4) is 0 Å². The van der Waals surface area contributed by atoms with Crippen LogP contribution >= 0.6 is 0 Å². The molecular formula is C19H22N6O2. The molecule has 0 aliphatic rings. The minimum Gasteiger partial charge on any atom is -0.497 e. The Hall–Kier alpha value is -3.26. The molecule has 0 saturated heterocycles. The van der Waals surface area contributed by atoms with Gasteiger partial charge in [-0.2, -0.15) is 0 Å². The Labute approximate surface area is 157 Å². The average Bonchev–Trinajstić information content (AvgIpc) is 3.23. The van der Waals surface area contributed by atoms with Crippen molar-refractivity contribution in [3.05, 3.63) is 66.0 Å². The lowest BCUT2D eigenvalue weighted by Crippen LogP contribution is -2.34. The fourth-order valence-electron chi connectivity index (χ4n) is 2.81. The summed E-state index contributed by atoms with van der Waals surface area (Å²) in [6.07, 6.45) is 1.49. The van der Waals surface area contributed by atoms with Gasteiger partial charge in [-0.05, 0) is 60.4 Å². The van der Waals surface area contributed by atoms with Gasteiger partial charge in [0.2, 0.25) is 0 Å². The highest BCUT2D eigenvalue weighted by atomic mass is 16.5. The van der Waals surface area contributed by atoms with Crippen molar-refractivity contribution in [1.82, 2.24) is 30.4 Å². The lowest BCUT2D eigenvalue weighted by Gasteiger charge is -2.25. The van der Waals surface area contributed by atoms with E-state index in [4.69, 9.17) is 4.74 Å². The molecule has 3 rings (SSSR count). The van der Waals surface area contributed by atoms with Crippen molar-refractivity contribution in [3.8, 4) is 11.4 Å². The normalized spacial score (nSPS) is 12.0. The number of hydrogen-bond acceptors (Lipinski definition) is 6. The van der Waals surface area contributed by atoms with Crippen molar-refractivity contribution in [2.24, 2.45) is 0 Å². The van der Waals surface area contributed by atoms with Gasteiger partial charge >= 0.3 is 0 Å². The second kappa shape index (κ2) is 8.41. The molecule has 0 radical (unpaired) electrons. The zero-order valence-electron chi connectivity index (χ0n) is 15.5. The van der Waals surface area contributed by atoms with Crippen LogP contribution in [0, 0.1) is 0 Å². The SMILES string of the molecule is COc1cccc(C(CNC(=O)c2cccc(-n3cnnn3)c2)N(C)C)c1. The van der Waals surface area contributed by atoms with Crippen LogP contribution in [-0.4, -0.2) is 58.8 Å². The summed E-state index contributed by atoms with van der Waals surface area (Å²) in [5.41, 5.74) is 2.35. The second-order valence-corrected chi connectivity index (χ2v) is 6.27. The molecule has 1 unspecified atom stereocenters. The summed E-state index contributed by atoms with van der Waals surface area (Å²) in [5.74, 6) is 0.638. The Balaban J connectivity index is 1.72. The molecule has 1 amide bonds. The molecule has 0 fully saturated rings. The number of carbonyl (C=O) groups excluding carboxylic acids is 1. The summed E-state index contributed by atoms with van der Waals surface area (Å²) >= 11 is 0. The number of benzene rings is 2. The number of carbonyl (C=O) groups is 1. The van der Waals surface area contributed by atoms with E-state index in [0.29, 0.717) is 12.1 Å². The van der Waals surface area contributed by atoms with Crippen LogP contribution in [0.5, 0.6) is 5.75 Å². The van der Waals surface area contributed by atoms with E-state index >= 15 is 0 Å². The first-order chi connectivity index (χ1) is 13.1. The number of likely N-dealkylation sites (N-methyl/N-ethyl adjacent to an activating group) is 1. The number of nitrogens with zero attached hydrogens (tertiary/aromatic N) is 5. The molecule has 1 N–H and O–H groups in total. The molecule has 0 spiro atoms. The Morgan fingerprint density at radius 1 is 1.22 bits per heavy atom. The van der Waals surface area contributed by atoms with E-state index in [2.05, 4.69) is 25.7 Å². The van der Waals surface area contributed by atoms with Gasteiger partial charge in [0.15, 0.2) is 0 Å². The Bertz CT molecular complexity index is 895. The van der Waals surface area contributed by atoms with Gasteiger partial charge in [0.05, 0.1) is 18.8 Å². The Kier molecular flexibility index (Phi) is 5.77. The van der Waals surface area contributed by atoms with Crippen molar-refractivity contribution in [2.45, 2.75) is 6.04 Å². The monoisotopic (exact) mass is 366 g/mol. The number of aromatic nitrogens is 4. The molecule has 27 heavy (non-hydrogen) atoms. The maximum absolute atomic E-state index is 12.6. The molecule has 140 valence electrons. The first kappa shape index (κ1) is 18.5. The largest absolute Gasteiger partial charge is 0.497 e. The standard InChI is InChI=1S/C19H22N6O2/c1-24(2)18(14-6-5-9-17(11-14)27-3)12-20-19(26)15-7-4-8-16(10-15)25-13-21-22-23-25/h4-11,13,18H,12H2,1-3H3,(H,20,26). The molecule has 8 heteroatoms. The third kappa shape index (κ3) is 4.48. The number of nitrogens with one attached hydrogen (secondary N) is 1. The summed E-state index contributed by atoms with van der Waals surface area (Å²) in [5, 5.41) is 14.1. The molecule has 1 heterocycles. The molecule has 8 nitrogen and oxygen atoms in total. The van der Waals surface area contributed by atoms with Gasteiger partial charge in [-0.1, -0.05) is 18.2 Å². The van der Waals surface area contributed by atoms with Crippen LogP contribution in [-0.2, 0) is 0 Å². The van der Waals surface area contributed by atoms with Crippen molar-refractivity contribution >= 4 is 5.91 Å². The molecule has 2 aromatic carbocycles. The van der Waals surface area contributed by atoms with Gasteiger partial charge in [-0.3, -0.25) is 4.79 Å². The van der Waals surface area contributed by atoms with Crippen molar-refractivity contribution < 1.29 is 9.53 Å². The maximum atomic E-state index is 12.6.